The third-order valence-electron chi connectivity index (χ3n) is 3.34. The first-order chi connectivity index (χ1) is 8.97. The minimum atomic E-state index is -0.299. The van der Waals surface area contributed by atoms with E-state index in [1.165, 1.54) is 0 Å². The van der Waals surface area contributed by atoms with E-state index in [1.807, 2.05) is 32.0 Å². The number of hydrogen-bond donors (Lipinski definition) is 1. The minimum absolute atomic E-state index is 0.103. The number of amides is 1. The molecule has 1 atom stereocenters. The van der Waals surface area contributed by atoms with E-state index in [1.54, 1.807) is 0 Å². The molecule has 1 aliphatic heterocycles. The van der Waals surface area contributed by atoms with Crippen LogP contribution < -0.4 is 10.6 Å². The van der Waals surface area contributed by atoms with E-state index < -0.39 is 0 Å². The molecule has 2 heterocycles. The molecule has 0 aliphatic carbocycles. The smallest absolute Gasteiger partial charge is 0.231 e. The van der Waals surface area contributed by atoms with Crippen LogP contribution in [0, 0.1) is 6.92 Å². The number of aromatic nitrogens is 2. The van der Waals surface area contributed by atoms with Gasteiger partial charge in [-0.1, -0.05) is 0 Å². The summed E-state index contributed by atoms with van der Waals surface area (Å²) in [7, 11) is 3.92. The van der Waals surface area contributed by atoms with Gasteiger partial charge in [0.15, 0.2) is 0 Å². The SMILES string of the molecule is Cc1cc(N(C)C)nc(C2CCCN2CC(N)=O)n1. The highest BCUT2D eigenvalue weighted by atomic mass is 16.1. The number of rotatable bonds is 4. The largest absolute Gasteiger partial charge is 0.369 e. The number of primary amides is 1. The zero-order valence-corrected chi connectivity index (χ0v) is 11.8. The number of anilines is 1. The lowest BCUT2D eigenvalue weighted by Crippen LogP contribution is -2.34. The van der Waals surface area contributed by atoms with E-state index in [0.717, 1.165) is 36.7 Å². The van der Waals surface area contributed by atoms with E-state index in [9.17, 15) is 4.79 Å². The highest BCUT2D eigenvalue weighted by Gasteiger charge is 2.29. The normalized spacial score (nSPS) is 19.6. The first-order valence-electron chi connectivity index (χ1n) is 6.52. The van der Waals surface area contributed by atoms with Crippen LogP contribution in [0.4, 0.5) is 5.82 Å². The van der Waals surface area contributed by atoms with Gasteiger partial charge in [-0.2, -0.15) is 0 Å². The molecule has 6 heteroatoms. The molecule has 2 N–H and O–H groups in total. The molecule has 1 amide bonds. The Bertz CT molecular complexity index is 474. The molecule has 1 aromatic rings. The van der Waals surface area contributed by atoms with Crippen molar-refractivity contribution in [1.29, 1.82) is 0 Å². The maximum atomic E-state index is 11.1. The Kier molecular flexibility index (Phi) is 3.99. The van der Waals surface area contributed by atoms with Gasteiger partial charge in [-0.25, -0.2) is 9.97 Å². The van der Waals surface area contributed by atoms with Gasteiger partial charge in [0.1, 0.15) is 11.6 Å². The molecule has 1 saturated heterocycles. The number of carbonyl (C=O) groups excluding carboxylic acids is 1. The van der Waals surface area contributed by atoms with Crippen molar-refractivity contribution in [3.05, 3.63) is 17.6 Å². The number of likely N-dealkylation sites (tertiary alicyclic amines) is 1. The molecule has 0 spiro atoms. The fourth-order valence-electron chi connectivity index (χ4n) is 2.46. The van der Waals surface area contributed by atoms with E-state index in [4.69, 9.17) is 5.73 Å². The van der Waals surface area contributed by atoms with Gasteiger partial charge in [-0.05, 0) is 26.3 Å². The second-order valence-corrected chi connectivity index (χ2v) is 5.21. The van der Waals surface area contributed by atoms with E-state index >= 15 is 0 Å². The lowest BCUT2D eigenvalue weighted by atomic mass is 10.2. The van der Waals surface area contributed by atoms with Crippen LogP contribution in [0.2, 0.25) is 0 Å². The molecule has 0 radical (unpaired) electrons. The van der Waals surface area contributed by atoms with E-state index in [-0.39, 0.29) is 18.5 Å². The molecule has 6 nitrogen and oxygen atoms in total. The Morgan fingerprint density at radius 2 is 2.26 bits per heavy atom. The number of hydrogen-bond acceptors (Lipinski definition) is 5. The predicted octanol–water partition coefficient (Wildman–Crippen LogP) is 0.473. The summed E-state index contributed by atoms with van der Waals surface area (Å²) in [6, 6.07) is 2.06. The lowest BCUT2D eigenvalue weighted by Gasteiger charge is -2.23. The number of aryl methyl sites for hydroxylation is 1. The van der Waals surface area contributed by atoms with Gasteiger partial charge in [-0.3, -0.25) is 9.69 Å². The van der Waals surface area contributed by atoms with Crippen LogP contribution in [-0.4, -0.2) is 48.0 Å². The third-order valence-corrected chi connectivity index (χ3v) is 3.34. The maximum Gasteiger partial charge on any atom is 0.231 e. The molecule has 1 aromatic heterocycles. The standard InChI is InChI=1S/C13H21N5O/c1-9-7-12(17(2)3)16-13(15-9)10-5-4-6-18(10)8-11(14)19/h7,10H,4-6,8H2,1-3H3,(H2,14,19). The van der Waals surface area contributed by atoms with Crippen molar-refractivity contribution in [2.45, 2.75) is 25.8 Å². The summed E-state index contributed by atoms with van der Waals surface area (Å²) in [6.45, 7) is 3.12. The van der Waals surface area contributed by atoms with Gasteiger partial charge in [0.05, 0.1) is 12.6 Å². The average molecular weight is 263 g/mol. The third kappa shape index (κ3) is 3.20. The Morgan fingerprint density at radius 3 is 2.89 bits per heavy atom. The molecule has 0 saturated carbocycles. The van der Waals surface area contributed by atoms with Crippen LogP contribution in [0.3, 0.4) is 0 Å². The Morgan fingerprint density at radius 1 is 1.53 bits per heavy atom. The molecule has 2 rings (SSSR count). The summed E-state index contributed by atoms with van der Waals surface area (Å²) in [6.07, 6.45) is 2.02. The molecule has 0 aromatic carbocycles. The van der Waals surface area contributed by atoms with Crippen molar-refractivity contribution in [2.75, 3.05) is 32.1 Å². The van der Waals surface area contributed by atoms with Crippen molar-refractivity contribution >= 4 is 11.7 Å². The number of nitrogens with two attached hydrogens (primary N) is 1. The summed E-state index contributed by atoms with van der Waals surface area (Å²) in [5.74, 6) is 1.39. The molecule has 19 heavy (non-hydrogen) atoms. The molecular formula is C13H21N5O. The van der Waals surface area contributed by atoms with Crippen LogP contribution in [-0.2, 0) is 4.79 Å². The molecule has 1 aliphatic rings. The van der Waals surface area contributed by atoms with Crippen LogP contribution in [0.5, 0.6) is 0 Å². The monoisotopic (exact) mass is 263 g/mol. The van der Waals surface area contributed by atoms with Crippen LogP contribution in [0.25, 0.3) is 0 Å². The van der Waals surface area contributed by atoms with Crippen molar-refractivity contribution < 1.29 is 4.79 Å². The summed E-state index contributed by atoms with van der Waals surface area (Å²) < 4.78 is 0. The fraction of sp³-hybridized carbons (Fsp3) is 0.615. The van der Waals surface area contributed by atoms with Gasteiger partial charge in [0, 0.05) is 25.9 Å². The van der Waals surface area contributed by atoms with Crippen molar-refractivity contribution in [1.82, 2.24) is 14.9 Å². The first-order valence-corrected chi connectivity index (χ1v) is 6.52. The van der Waals surface area contributed by atoms with Gasteiger partial charge < -0.3 is 10.6 Å². The van der Waals surface area contributed by atoms with Gasteiger partial charge in [0.2, 0.25) is 5.91 Å². The van der Waals surface area contributed by atoms with Crippen LogP contribution in [0.15, 0.2) is 6.07 Å². The summed E-state index contributed by atoms with van der Waals surface area (Å²) in [5, 5.41) is 0. The topological polar surface area (TPSA) is 75.3 Å². The van der Waals surface area contributed by atoms with Gasteiger partial charge in [-0.15, -0.1) is 0 Å². The minimum Gasteiger partial charge on any atom is -0.369 e. The average Bonchev–Trinajstić information content (AvgIpc) is 2.75. The zero-order chi connectivity index (χ0) is 14.0. The molecule has 1 fully saturated rings. The first kappa shape index (κ1) is 13.7. The predicted molar refractivity (Wildman–Crippen MR) is 73.8 cm³/mol. The highest BCUT2D eigenvalue weighted by molar-refractivity contribution is 5.76. The summed E-state index contributed by atoms with van der Waals surface area (Å²) in [5.41, 5.74) is 6.24. The quantitative estimate of drug-likeness (QED) is 0.855. The molecular weight excluding hydrogens is 242 g/mol. The number of nitrogens with zero attached hydrogens (tertiary/aromatic N) is 4. The fourth-order valence-corrected chi connectivity index (χ4v) is 2.46. The van der Waals surface area contributed by atoms with Crippen LogP contribution in [0.1, 0.15) is 30.4 Å². The van der Waals surface area contributed by atoms with Gasteiger partial charge >= 0.3 is 0 Å². The van der Waals surface area contributed by atoms with Gasteiger partial charge in [0.25, 0.3) is 0 Å². The van der Waals surface area contributed by atoms with Crippen LogP contribution >= 0.6 is 0 Å². The van der Waals surface area contributed by atoms with Crippen molar-refractivity contribution in [3.63, 3.8) is 0 Å². The van der Waals surface area contributed by atoms with Crippen molar-refractivity contribution in [3.8, 4) is 0 Å². The van der Waals surface area contributed by atoms with E-state index in [2.05, 4.69) is 14.9 Å². The van der Waals surface area contributed by atoms with Crippen molar-refractivity contribution in [2.24, 2.45) is 5.73 Å². The number of carbonyl (C=O) groups is 1. The Labute approximate surface area is 113 Å². The highest BCUT2D eigenvalue weighted by Crippen LogP contribution is 2.30. The Hall–Kier alpha value is -1.69. The zero-order valence-electron chi connectivity index (χ0n) is 11.8. The Balaban J connectivity index is 2.27. The lowest BCUT2D eigenvalue weighted by molar-refractivity contribution is -0.119. The molecule has 104 valence electrons. The molecule has 1 unspecified atom stereocenters. The molecule has 0 bridgehead atoms. The maximum absolute atomic E-state index is 11.1. The second-order valence-electron chi connectivity index (χ2n) is 5.21. The second kappa shape index (κ2) is 5.52. The summed E-state index contributed by atoms with van der Waals surface area (Å²) in [4.78, 5) is 24.3. The summed E-state index contributed by atoms with van der Waals surface area (Å²) >= 11 is 0. The van der Waals surface area contributed by atoms with E-state index in [0.29, 0.717) is 0 Å².